The van der Waals surface area contributed by atoms with Gasteiger partial charge in [-0.1, -0.05) is 19.0 Å². The number of aryl methyl sites for hydroxylation is 1. The van der Waals surface area contributed by atoms with Gasteiger partial charge in [-0.05, 0) is 25.7 Å². The topological polar surface area (TPSA) is 61.2 Å². The standard InChI is InChI=1S/C19H29N5O/c1-14(2)11-24-7-4-17-18(21-13-20-17)19(24)5-8-23(9-6-19)12-16-10-15(3)22-25-16/h10,13-14H,4-9,11-12H2,1-3H3,(H,20,21). The molecule has 0 atom stereocenters. The predicted octanol–water partition coefficient (Wildman–Crippen LogP) is 2.71. The highest BCUT2D eigenvalue weighted by atomic mass is 16.5. The fourth-order valence-corrected chi connectivity index (χ4v) is 4.58. The Morgan fingerprint density at radius 2 is 2.08 bits per heavy atom. The zero-order valence-corrected chi connectivity index (χ0v) is 15.6. The molecule has 0 amide bonds. The molecule has 2 aromatic heterocycles. The number of nitrogens with one attached hydrogen (secondary N) is 1. The summed E-state index contributed by atoms with van der Waals surface area (Å²) in [6.07, 6.45) is 5.23. The van der Waals surface area contributed by atoms with Crippen LogP contribution in [0.15, 0.2) is 16.9 Å². The maximum atomic E-state index is 5.40. The van der Waals surface area contributed by atoms with E-state index in [1.165, 1.54) is 11.4 Å². The van der Waals surface area contributed by atoms with Gasteiger partial charge in [-0.25, -0.2) is 4.98 Å². The van der Waals surface area contributed by atoms with Crippen molar-refractivity contribution in [1.82, 2.24) is 24.9 Å². The summed E-state index contributed by atoms with van der Waals surface area (Å²) in [6, 6.07) is 2.04. The van der Waals surface area contributed by atoms with Crippen molar-refractivity contribution in [3.05, 3.63) is 35.2 Å². The van der Waals surface area contributed by atoms with Crippen molar-refractivity contribution < 1.29 is 4.52 Å². The Morgan fingerprint density at radius 3 is 2.76 bits per heavy atom. The van der Waals surface area contributed by atoms with Gasteiger partial charge in [0.25, 0.3) is 0 Å². The molecule has 0 radical (unpaired) electrons. The van der Waals surface area contributed by atoms with Gasteiger partial charge in [-0.15, -0.1) is 0 Å². The van der Waals surface area contributed by atoms with Crippen LogP contribution in [0, 0.1) is 12.8 Å². The summed E-state index contributed by atoms with van der Waals surface area (Å²) in [5.41, 5.74) is 3.71. The van der Waals surface area contributed by atoms with Crippen LogP contribution in [0.25, 0.3) is 0 Å². The Bertz CT molecular complexity index is 711. The van der Waals surface area contributed by atoms with Gasteiger partial charge in [0.15, 0.2) is 5.76 Å². The molecule has 1 saturated heterocycles. The first-order valence-electron chi connectivity index (χ1n) is 9.49. The molecule has 136 valence electrons. The molecule has 1 spiro atoms. The largest absolute Gasteiger partial charge is 0.360 e. The molecule has 2 aliphatic heterocycles. The van der Waals surface area contributed by atoms with Crippen molar-refractivity contribution in [2.75, 3.05) is 26.2 Å². The van der Waals surface area contributed by atoms with Gasteiger partial charge in [0.05, 0.1) is 29.8 Å². The highest BCUT2D eigenvalue weighted by molar-refractivity contribution is 5.27. The van der Waals surface area contributed by atoms with Crippen molar-refractivity contribution in [3.63, 3.8) is 0 Å². The van der Waals surface area contributed by atoms with Crippen LogP contribution in [0.4, 0.5) is 0 Å². The molecule has 0 unspecified atom stereocenters. The number of nitrogens with zero attached hydrogens (tertiary/aromatic N) is 4. The lowest BCUT2D eigenvalue weighted by Crippen LogP contribution is -2.57. The lowest BCUT2D eigenvalue weighted by atomic mass is 9.78. The molecular weight excluding hydrogens is 314 g/mol. The van der Waals surface area contributed by atoms with E-state index in [1.54, 1.807) is 0 Å². The van der Waals surface area contributed by atoms with E-state index in [1.807, 2.05) is 19.3 Å². The van der Waals surface area contributed by atoms with E-state index >= 15 is 0 Å². The minimum absolute atomic E-state index is 0.103. The van der Waals surface area contributed by atoms with E-state index in [-0.39, 0.29) is 5.54 Å². The number of imidazole rings is 1. The number of hydrogen-bond donors (Lipinski definition) is 1. The highest BCUT2D eigenvalue weighted by Gasteiger charge is 2.46. The Kier molecular flexibility index (Phi) is 4.41. The van der Waals surface area contributed by atoms with E-state index in [4.69, 9.17) is 9.51 Å². The van der Waals surface area contributed by atoms with Crippen LogP contribution in [-0.2, 0) is 18.5 Å². The molecule has 1 N–H and O–H groups in total. The van der Waals surface area contributed by atoms with Crippen LogP contribution >= 0.6 is 0 Å². The number of aromatic nitrogens is 3. The molecule has 25 heavy (non-hydrogen) atoms. The number of aromatic amines is 1. The number of H-pyrrole nitrogens is 1. The van der Waals surface area contributed by atoms with Gasteiger partial charge < -0.3 is 9.51 Å². The predicted molar refractivity (Wildman–Crippen MR) is 96.1 cm³/mol. The number of likely N-dealkylation sites (tertiary alicyclic amines) is 1. The summed E-state index contributed by atoms with van der Waals surface area (Å²) in [5, 5.41) is 4.01. The Balaban J connectivity index is 1.52. The maximum absolute atomic E-state index is 5.40. The molecule has 2 aromatic rings. The van der Waals surface area contributed by atoms with E-state index in [9.17, 15) is 0 Å². The molecule has 1 fully saturated rings. The van der Waals surface area contributed by atoms with E-state index in [2.05, 4.69) is 33.8 Å². The molecule has 4 heterocycles. The second-order valence-corrected chi connectivity index (χ2v) is 8.06. The summed E-state index contributed by atoms with van der Waals surface area (Å²) < 4.78 is 5.40. The van der Waals surface area contributed by atoms with Crippen molar-refractivity contribution in [2.45, 2.75) is 52.1 Å². The van der Waals surface area contributed by atoms with E-state index in [0.29, 0.717) is 5.92 Å². The summed E-state index contributed by atoms with van der Waals surface area (Å²) in [6.45, 7) is 11.9. The first-order chi connectivity index (χ1) is 12.1. The van der Waals surface area contributed by atoms with Gasteiger partial charge in [-0.2, -0.15) is 0 Å². The number of fused-ring (bicyclic) bond motifs is 2. The summed E-state index contributed by atoms with van der Waals surface area (Å²) in [7, 11) is 0. The third kappa shape index (κ3) is 3.13. The Labute approximate surface area is 149 Å². The third-order valence-corrected chi connectivity index (χ3v) is 5.72. The van der Waals surface area contributed by atoms with Crippen LogP contribution in [0.5, 0.6) is 0 Å². The Hall–Kier alpha value is -1.66. The van der Waals surface area contributed by atoms with Crippen molar-refractivity contribution in [1.29, 1.82) is 0 Å². The average Bonchev–Trinajstić information content (AvgIpc) is 3.21. The highest BCUT2D eigenvalue weighted by Crippen LogP contribution is 2.42. The zero-order chi connectivity index (χ0) is 17.4. The molecular formula is C19H29N5O. The van der Waals surface area contributed by atoms with Gasteiger partial charge >= 0.3 is 0 Å². The second kappa shape index (κ2) is 6.57. The van der Waals surface area contributed by atoms with Gasteiger partial charge in [0.1, 0.15) is 0 Å². The summed E-state index contributed by atoms with van der Waals surface area (Å²) in [4.78, 5) is 13.3. The third-order valence-electron chi connectivity index (χ3n) is 5.72. The second-order valence-electron chi connectivity index (χ2n) is 8.06. The van der Waals surface area contributed by atoms with Gasteiger partial charge in [0.2, 0.25) is 0 Å². The summed E-state index contributed by atoms with van der Waals surface area (Å²) in [5.74, 6) is 1.64. The summed E-state index contributed by atoms with van der Waals surface area (Å²) >= 11 is 0. The average molecular weight is 343 g/mol. The fraction of sp³-hybridized carbons (Fsp3) is 0.684. The number of rotatable bonds is 4. The van der Waals surface area contributed by atoms with Gasteiger partial charge in [0, 0.05) is 44.4 Å². The minimum Gasteiger partial charge on any atom is -0.360 e. The van der Waals surface area contributed by atoms with Crippen molar-refractivity contribution in [3.8, 4) is 0 Å². The van der Waals surface area contributed by atoms with Crippen LogP contribution in [0.3, 0.4) is 0 Å². The fourth-order valence-electron chi connectivity index (χ4n) is 4.58. The van der Waals surface area contributed by atoms with E-state index in [0.717, 1.165) is 63.4 Å². The SMILES string of the molecule is Cc1cc(CN2CCC3(CC2)c2nc[nH]c2CCN3CC(C)C)on1. The van der Waals surface area contributed by atoms with Crippen molar-refractivity contribution >= 4 is 0 Å². The lowest BCUT2D eigenvalue weighted by Gasteiger charge is -2.51. The molecule has 0 aliphatic carbocycles. The van der Waals surface area contributed by atoms with E-state index < -0.39 is 0 Å². The van der Waals surface area contributed by atoms with Crippen LogP contribution < -0.4 is 0 Å². The molecule has 0 saturated carbocycles. The molecule has 2 aliphatic rings. The molecule has 6 nitrogen and oxygen atoms in total. The molecule has 0 bridgehead atoms. The zero-order valence-electron chi connectivity index (χ0n) is 15.6. The Morgan fingerprint density at radius 1 is 1.28 bits per heavy atom. The minimum atomic E-state index is 0.103. The number of piperidine rings is 1. The normalized spacial score (nSPS) is 21.1. The smallest absolute Gasteiger partial charge is 0.150 e. The first kappa shape index (κ1) is 16.8. The lowest BCUT2D eigenvalue weighted by molar-refractivity contribution is -0.00519. The molecule has 4 rings (SSSR count). The molecule has 0 aromatic carbocycles. The first-order valence-corrected chi connectivity index (χ1v) is 9.49. The quantitative estimate of drug-likeness (QED) is 0.925. The van der Waals surface area contributed by atoms with Crippen LogP contribution in [0.2, 0.25) is 0 Å². The van der Waals surface area contributed by atoms with Gasteiger partial charge in [-0.3, -0.25) is 9.80 Å². The van der Waals surface area contributed by atoms with Crippen molar-refractivity contribution in [2.24, 2.45) is 5.92 Å². The van der Waals surface area contributed by atoms with Crippen LogP contribution in [-0.4, -0.2) is 51.1 Å². The monoisotopic (exact) mass is 343 g/mol. The molecule has 6 heteroatoms. The van der Waals surface area contributed by atoms with Crippen LogP contribution in [0.1, 0.15) is 49.5 Å². The maximum Gasteiger partial charge on any atom is 0.150 e. The number of hydrogen-bond acceptors (Lipinski definition) is 5.